The first kappa shape index (κ1) is 16.5. The first-order chi connectivity index (χ1) is 8.74. The van der Waals surface area contributed by atoms with E-state index in [1.54, 1.807) is 0 Å². The number of nitrogens with zero attached hydrogens (tertiary/aromatic N) is 1. The van der Waals surface area contributed by atoms with Gasteiger partial charge in [0.25, 0.3) is 0 Å². The van der Waals surface area contributed by atoms with Crippen LogP contribution >= 0.6 is 0 Å². The van der Waals surface area contributed by atoms with Crippen molar-refractivity contribution in [1.82, 2.24) is 0 Å². The van der Waals surface area contributed by atoms with E-state index >= 15 is 0 Å². The molecular formula is C17H31NO. The molecule has 2 atom stereocenters. The second-order valence-corrected chi connectivity index (χ2v) is 7.62. The van der Waals surface area contributed by atoms with E-state index in [1.165, 1.54) is 6.42 Å². The molecule has 1 saturated carbocycles. The molecule has 19 heavy (non-hydrogen) atoms. The van der Waals surface area contributed by atoms with E-state index in [0.717, 1.165) is 32.1 Å². The number of rotatable bonds is 5. The average molecular weight is 265 g/mol. The van der Waals surface area contributed by atoms with Crippen LogP contribution in [0.4, 0.5) is 0 Å². The van der Waals surface area contributed by atoms with Gasteiger partial charge < -0.3 is 5.11 Å². The van der Waals surface area contributed by atoms with Crippen molar-refractivity contribution in [2.45, 2.75) is 78.7 Å². The largest absolute Gasteiger partial charge is 0.388 e. The molecule has 2 unspecified atom stereocenters. The third kappa shape index (κ3) is 3.72. The second kappa shape index (κ2) is 6.27. The van der Waals surface area contributed by atoms with Gasteiger partial charge >= 0.3 is 0 Å². The Bertz CT molecular complexity index is 319. The fourth-order valence-electron chi connectivity index (χ4n) is 4.00. The van der Waals surface area contributed by atoms with Crippen molar-refractivity contribution < 1.29 is 5.11 Å². The highest BCUT2D eigenvalue weighted by atomic mass is 16.3. The van der Waals surface area contributed by atoms with Crippen LogP contribution in [0.5, 0.6) is 0 Å². The lowest BCUT2D eigenvalue weighted by molar-refractivity contribution is -0.106. The van der Waals surface area contributed by atoms with Gasteiger partial charge in [0, 0.05) is 0 Å². The third-order valence-electron chi connectivity index (χ3n) is 4.59. The van der Waals surface area contributed by atoms with Crippen LogP contribution < -0.4 is 0 Å². The van der Waals surface area contributed by atoms with Crippen LogP contribution in [0.1, 0.15) is 73.1 Å². The monoisotopic (exact) mass is 265 g/mol. The minimum absolute atomic E-state index is 0.422. The summed E-state index contributed by atoms with van der Waals surface area (Å²) in [6.45, 7) is 10.8. The maximum absolute atomic E-state index is 11.3. The molecular weight excluding hydrogens is 234 g/mol. The summed E-state index contributed by atoms with van der Waals surface area (Å²) in [5.74, 6) is 1.40. The van der Waals surface area contributed by atoms with E-state index in [4.69, 9.17) is 0 Å². The summed E-state index contributed by atoms with van der Waals surface area (Å²) in [4.78, 5) is 0. The third-order valence-corrected chi connectivity index (χ3v) is 4.59. The van der Waals surface area contributed by atoms with Crippen molar-refractivity contribution in [3.63, 3.8) is 0 Å². The van der Waals surface area contributed by atoms with Crippen molar-refractivity contribution >= 4 is 0 Å². The molecule has 2 heteroatoms. The molecule has 1 rings (SSSR count). The molecule has 1 aliphatic rings. The summed E-state index contributed by atoms with van der Waals surface area (Å²) in [5.41, 5.74) is -1.35. The summed E-state index contributed by atoms with van der Waals surface area (Å²) in [6, 6.07) is 2.55. The minimum atomic E-state index is -0.821. The van der Waals surface area contributed by atoms with E-state index in [2.05, 4.69) is 40.7 Å². The Hall–Kier alpha value is -0.550. The number of aliphatic hydroxyl groups is 1. The van der Waals surface area contributed by atoms with Gasteiger partial charge in [-0.2, -0.15) is 5.26 Å². The van der Waals surface area contributed by atoms with Gasteiger partial charge in [0.1, 0.15) is 0 Å². The highest BCUT2D eigenvalue weighted by molar-refractivity contribution is 5.13. The van der Waals surface area contributed by atoms with Crippen LogP contribution in [0.2, 0.25) is 0 Å². The summed E-state index contributed by atoms with van der Waals surface area (Å²) < 4.78 is 0. The molecule has 0 aromatic rings. The molecule has 0 saturated heterocycles. The number of nitriles is 1. The Balaban J connectivity index is 3.08. The van der Waals surface area contributed by atoms with Crippen molar-refractivity contribution in [2.24, 2.45) is 23.2 Å². The Morgan fingerprint density at radius 3 is 2.16 bits per heavy atom. The molecule has 1 aliphatic carbocycles. The summed E-state index contributed by atoms with van der Waals surface area (Å²) >= 11 is 0. The molecule has 0 heterocycles. The van der Waals surface area contributed by atoms with Crippen LogP contribution in [0, 0.1) is 34.5 Å². The van der Waals surface area contributed by atoms with Gasteiger partial charge in [0.05, 0.1) is 17.1 Å². The lowest BCUT2D eigenvalue weighted by atomic mass is 9.58. The molecule has 0 bridgehead atoms. The first-order valence-corrected chi connectivity index (χ1v) is 7.88. The van der Waals surface area contributed by atoms with Crippen LogP contribution in [-0.4, -0.2) is 10.7 Å². The molecule has 0 aliphatic heterocycles. The van der Waals surface area contributed by atoms with Crippen LogP contribution in [0.3, 0.4) is 0 Å². The summed E-state index contributed by atoms with van der Waals surface area (Å²) in [6.07, 6.45) is 5.48. The Morgan fingerprint density at radius 2 is 1.79 bits per heavy atom. The van der Waals surface area contributed by atoms with Gasteiger partial charge in [0.2, 0.25) is 0 Å². The Morgan fingerprint density at radius 1 is 1.26 bits per heavy atom. The normalized spacial score (nSPS) is 28.7. The molecule has 1 fully saturated rings. The quantitative estimate of drug-likeness (QED) is 0.793. The van der Waals surface area contributed by atoms with Gasteiger partial charge in [-0.1, -0.05) is 47.5 Å². The Kier molecular flexibility index (Phi) is 5.44. The molecule has 0 radical (unpaired) electrons. The maximum atomic E-state index is 11.3. The molecule has 0 aromatic carbocycles. The standard InChI is InChI=1S/C17H31NO/c1-13(2)9-17(19,10-14(3)4)16(12-18)8-6-7-15(5)11-16/h13-15,19H,6-11H2,1-5H3. The lowest BCUT2D eigenvalue weighted by Crippen LogP contribution is -2.51. The fourth-order valence-corrected chi connectivity index (χ4v) is 4.00. The molecule has 110 valence electrons. The maximum Gasteiger partial charge on any atom is 0.0863 e. The highest BCUT2D eigenvalue weighted by Crippen LogP contribution is 2.51. The summed E-state index contributed by atoms with van der Waals surface area (Å²) in [5, 5.41) is 21.1. The van der Waals surface area contributed by atoms with E-state index in [-0.39, 0.29) is 0 Å². The zero-order valence-electron chi connectivity index (χ0n) is 13.4. The van der Waals surface area contributed by atoms with Gasteiger partial charge in [-0.3, -0.25) is 0 Å². The second-order valence-electron chi connectivity index (χ2n) is 7.62. The molecule has 1 N–H and O–H groups in total. The Labute approximate surface area is 119 Å². The van der Waals surface area contributed by atoms with Crippen molar-refractivity contribution in [1.29, 1.82) is 5.26 Å². The molecule has 0 spiro atoms. The number of hydrogen-bond donors (Lipinski definition) is 1. The summed E-state index contributed by atoms with van der Waals surface area (Å²) in [7, 11) is 0. The van der Waals surface area contributed by atoms with Crippen molar-refractivity contribution in [3.8, 4) is 6.07 Å². The molecule has 0 amide bonds. The number of hydrogen-bond acceptors (Lipinski definition) is 2. The van der Waals surface area contributed by atoms with E-state index < -0.39 is 11.0 Å². The first-order valence-electron chi connectivity index (χ1n) is 7.88. The fraction of sp³-hybridized carbons (Fsp3) is 0.941. The SMILES string of the molecule is CC(C)CC(O)(CC(C)C)C1(C#N)CCCC(C)C1. The highest BCUT2D eigenvalue weighted by Gasteiger charge is 2.52. The van der Waals surface area contributed by atoms with E-state index in [9.17, 15) is 10.4 Å². The average Bonchev–Trinajstić information content (AvgIpc) is 2.26. The van der Waals surface area contributed by atoms with Crippen LogP contribution in [-0.2, 0) is 0 Å². The van der Waals surface area contributed by atoms with Crippen LogP contribution in [0.25, 0.3) is 0 Å². The van der Waals surface area contributed by atoms with Gasteiger partial charge in [0.15, 0.2) is 0 Å². The zero-order chi connectivity index (χ0) is 14.7. The topological polar surface area (TPSA) is 44.0 Å². The van der Waals surface area contributed by atoms with Crippen LogP contribution in [0.15, 0.2) is 0 Å². The van der Waals surface area contributed by atoms with Gasteiger partial charge in [-0.05, 0) is 43.4 Å². The predicted octanol–water partition coefficient (Wildman–Crippen LogP) is 4.53. The predicted molar refractivity (Wildman–Crippen MR) is 79.5 cm³/mol. The van der Waals surface area contributed by atoms with Gasteiger partial charge in [-0.15, -0.1) is 0 Å². The molecule has 0 aromatic heterocycles. The van der Waals surface area contributed by atoms with Crippen molar-refractivity contribution in [3.05, 3.63) is 0 Å². The smallest absolute Gasteiger partial charge is 0.0863 e. The lowest BCUT2D eigenvalue weighted by Gasteiger charge is -2.48. The van der Waals surface area contributed by atoms with Gasteiger partial charge in [-0.25, -0.2) is 0 Å². The van der Waals surface area contributed by atoms with Crippen molar-refractivity contribution in [2.75, 3.05) is 0 Å². The van der Waals surface area contributed by atoms with E-state index in [0.29, 0.717) is 17.8 Å². The van der Waals surface area contributed by atoms with E-state index in [1.807, 2.05) is 0 Å². The minimum Gasteiger partial charge on any atom is -0.388 e. The molecule has 2 nitrogen and oxygen atoms in total. The zero-order valence-corrected chi connectivity index (χ0v) is 13.4.